The maximum Gasteiger partial charge on any atom is 0.145 e. The second-order valence-corrected chi connectivity index (χ2v) is 4.12. The average Bonchev–Trinajstić information content (AvgIpc) is 2.71. The summed E-state index contributed by atoms with van der Waals surface area (Å²) in [7, 11) is 0. The molecule has 0 bridgehead atoms. The highest BCUT2D eigenvalue weighted by atomic mass is 32.1. The molecule has 0 amide bonds. The summed E-state index contributed by atoms with van der Waals surface area (Å²) in [6.07, 6.45) is 4.22. The van der Waals surface area contributed by atoms with Crippen LogP contribution in [-0.2, 0) is 17.6 Å². The van der Waals surface area contributed by atoms with Gasteiger partial charge in [0, 0.05) is 29.9 Å². The molecule has 0 aliphatic rings. The summed E-state index contributed by atoms with van der Waals surface area (Å²) < 4.78 is 0. The zero-order valence-corrected chi connectivity index (χ0v) is 8.91. The Balaban J connectivity index is 1.94. The zero-order chi connectivity index (χ0) is 10.5. The van der Waals surface area contributed by atoms with E-state index in [2.05, 4.69) is 9.97 Å². The van der Waals surface area contributed by atoms with Crippen LogP contribution in [0.5, 0.6) is 0 Å². The van der Waals surface area contributed by atoms with Gasteiger partial charge in [0.25, 0.3) is 0 Å². The van der Waals surface area contributed by atoms with E-state index < -0.39 is 0 Å². The van der Waals surface area contributed by atoms with Crippen LogP contribution in [0.1, 0.15) is 10.7 Å². The molecule has 0 radical (unpaired) electrons. The lowest BCUT2D eigenvalue weighted by atomic mass is 10.1. The van der Waals surface area contributed by atoms with E-state index in [9.17, 15) is 4.79 Å². The number of rotatable bonds is 4. The molecule has 0 spiro atoms. The third-order valence-corrected chi connectivity index (χ3v) is 2.72. The molecule has 15 heavy (non-hydrogen) atoms. The molecule has 0 saturated carbocycles. The molecule has 2 aromatic rings. The van der Waals surface area contributed by atoms with Crippen LogP contribution in [0.3, 0.4) is 0 Å². The smallest absolute Gasteiger partial charge is 0.145 e. The van der Waals surface area contributed by atoms with Crippen LogP contribution < -0.4 is 0 Å². The molecular formula is C11H10N2OS. The molecule has 0 atom stereocenters. The number of carbonyl (C=O) groups is 1. The topological polar surface area (TPSA) is 42.9 Å². The summed E-state index contributed by atoms with van der Waals surface area (Å²) in [5.41, 5.74) is 0.819. The fourth-order valence-corrected chi connectivity index (χ4v) is 1.92. The van der Waals surface area contributed by atoms with Gasteiger partial charge in [0.1, 0.15) is 5.78 Å². The molecule has 0 N–H and O–H groups in total. The molecule has 2 heterocycles. The van der Waals surface area contributed by atoms with Gasteiger partial charge in [0.05, 0.1) is 11.4 Å². The number of hydrogen-bond acceptors (Lipinski definition) is 4. The number of carbonyl (C=O) groups excluding carboxylic acids is 1. The summed E-state index contributed by atoms with van der Waals surface area (Å²) >= 11 is 1.51. The first kappa shape index (κ1) is 9.98. The van der Waals surface area contributed by atoms with Gasteiger partial charge in [-0.15, -0.1) is 11.3 Å². The third-order valence-electron chi connectivity index (χ3n) is 1.94. The first-order valence-electron chi connectivity index (χ1n) is 4.64. The van der Waals surface area contributed by atoms with Crippen molar-refractivity contribution in [2.24, 2.45) is 0 Å². The van der Waals surface area contributed by atoms with Crippen molar-refractivity contribution in [3.05, 3.63) is 46.7 Å². The fourth-order valence-electron chi connectivity index (χ4n) is 1.28. The van der Waals surface area contributed by atoms with Gasteiger partial charge >= 0.3 is 0 Å². The van der Waals surface area contributed by atoms with Crippen molar-refractivity contribution in [3.8, 4) is 0 Å². The van der Waals surface area contributed by atoms with Gasteiger partial charge in [0.2, 0.25) is 0 Å². The quantitative estimate of drug-likeness (QED) is 0.787. The predicted molar refractivity (Wildman–Crippen MR) is 58.8 cm³/mol. The maximum atomic E-state index is 11.6. The van der Waals surface area contributed by atoms with Crippen molar-refractivity contribution < 1.29 is 4.79 Å². The summed E-state index contributed by atoms with van der Waals surface area (Å²) in [5.74, 6) is 0.156. The standard InChI is InChI=1S/C11H10N2OS/c14-10(8-11-13-5-6-15-11)7-9-3-1-2-4-12-9/h1-6H,7-8H2. The van der Waals surface area contributed by atoms with E-state index in [0.717, 1.165) is 10.7 Å². The van der Waals surface area contributed by atoms with E-state index >= 15 is 0 Å². The van der Waals surface area contributed by atoms with Crippen LogP contribution in [0.4, 0.5) is 0 Å². The Morgan fingerprint density at radius 3 is 2.80 bits per heavy atom. The molecule has 0 saturated heterocycles. The Hall–Kier alpha value is -1.55. The lowest BCUT2D eigenvalue weighted by Crippen LogP contribution is -2.07. The summed E-state index contributed by atoms with van der Waals surface area (Å²) in [6, 6.07) is 5.59. The van der Waals surface area contributed by atoms with E-state index in [1.54, 1.807) is 12.4 Å². The van der Waals surface area contributed by atoms with Gasteiger partial charge in [-0.05, 0) is 12.1 Å². The second kappa shape index (κ2) is 4.79. The minimum Gasteiger partial charge on any atom is -0.299 e. The van der Waals surface area contributed by atoms with Crippen molar-refractivity contribution in [1.82, 2.24) is 9.97 Å². The van der Waals surface area contributed by atoms with Crippen LogP contribution in [-0.4, -0.2) is 15.8 Å². The zero-order valence-electron chi connectivity index (χ0n) is 8.09. The first-order chi connectivity index (χ1) is 7.34. The van der Waals surface area contributed by atoms with Crippen LogP contribution in [0.2, 0.25) is 0 Å². The molecular weight excluding hydrogens is 208 g/mol. The average molecular weight is 218 g/mol. The van der Waals surface area contributed by atoms with Crippen LogP contribution in [0.15, 0.2) is 36.0 Å². The predicted octanol–water partition coefficient (Wildman–Crippen LogP) is 1.89. The molecule has 2 aromatic heterocycles. The number of thiazole rings is 1. The minimum absolute atomic E-state index is 0.156. The van der Waals surface area contributed by atoms with Gasteiger partial charge < -0.3 is 0 Å². The number of hydrogen-bond donors (Lipinski definition) is 0. The maximum absolute atomic E-state index is 11.6. The van der Waals surface area contributed by atoms with Gasteiger partial charge in [-0.25, -0.2) is 4.98 Å². The van der Waals surface area contributed by atoms with Crippen molar-refractivity contribution in [2.45, 2.75) is 12.8 Å². The molecule has 0 aliphatic heterocycles. The fraction of sp³-hybridized carbons (Fsp3) is 0.182. The molecule has 3 nitrogen and oxygen atoms in total. The summed E-state index contributed by atoms with van der Waals surface area (Å²) in [4.78, 5) is 19.8. The second-order valence-electron chi connectivity index (χ2n) is 3.14. The highest BCUT2D eigenvalue weighted by molar-refractivity contribution is 7.09. The van der Waals surface area contributed by atoms with E-state index in [4.69, 9.17) is 0 Å². The molecule has 0 unspecified atom stereocenters. The SMILES string of the molecule is O=C(Cc1ccccn1)Cc1nccs1. The van der Waals surface area contributed by atoms with Crippen molar-refractivity contribution in [3.63, 3.8) is 0 Å². The molecule has 2 rings (SSSR count). The van der Waals surface area contributed by atoms with E-state index in [0.29, 0.717) is 12.8 Å². The van der Waals surface area contributed by atoms with Gasteiger partial charge in [-0.3, -0.25) is 9.78 Å². The Labute approximate surface area is 91.8 Å². The molecule has 0 fully saturated rings. The molecule has 4 heteroatoms. The lowest BCUT2D eigenvalue weighted by molar-refractivity contribution is -0.117. The normalized spacial score (nSPS) is 10.1. The van der Waals surface area contributed by atoms with E-state index in [1.807, 2.05) is 23.6 Å². The first-order valence-corrected chi connectivity index (χ1v) is 5.52. The number of aromatic nitrogens is 2. The van der Waals surface area contributed by atoms with Crippen LogP contribution in [0.25, 0.3) is 0 Å². The van der Waals surface area contributed by atoms with Crippen LogP contribution >= 0.6 is 11.3 Å². The van der Waals surface area contributed by atoms with Crippen molar-refractivity contribution in [1.29, 1.82) is 0 Å². The monoisotopic (exact) mass is 218 g/mol. The Bertz CT molecular complexity index is 425. The summed E-state index contributed by atoms with van der Waals surface area (Å²) in [5, 5.41) is 2.75. The van der Waals surface area contributed by atoms with Gasteiger partial charge in [0.15, 0.2) is 0 Å². The van der Waals surface area contributed by atoms with E-state index in [-0.39, 0.29) is 5.78 Å². The Morgan fingerprint density at radius 2 is 2.13 bits per heavy atom. The van der Waals surface area contributed by atoms with Crippen LogP contribution in [0, 0.1) is 0 Å². The summed E-state index contributed by atoms with van der Waals surface area (Å²) in [6.45, 7) is 0. The molecule has 76 valence electrons. The number of ketones is 1. The van der Waals surface area contributed by atoms with Gasteiger partial charge in [-0.2, -0.15) is 0 Å². The van der Waals surface area contributed by atoms with E-state index in [1.165, 1.54) is 11.3 Å². The number of nitrogens with zero attached hydrogens (tertiary/aromatic N) is 2. The van der Waals surface area contributed by atoms with Gasteiger partial charge in [-0.1, -0.05) is 6.07 Å². The molecule has 0 aliphatic carbocycles. The Kier molecular flexibility index (Phi) is 3.19. The lowest BCUT2D eigenvalue weighted by Gasteiger charge is -1.97. The molecule has 0 aromatic carbocycles. The number of pyridine rings is 1. The highest BCUT2D eigenvalue weighted by Gasteiger charge is 2.07. The highest BCUT2D eigenvalue weighted by Crippen LogP contribution is 2.06. The minimum atomic E-state index is 0.156. The van der Waals surface area contributed by atoms with Crippen molar-refractivity contribution >= 4 is 17.1 Å². The largest absolute Gasteiger partial charge is 0.299 e. The van der Waals surface area contributed by atoms with Crippen molar-refractivity contribution in [2.75, 3.05) is 0 Å². The Morgan fingerprint density at radius 1 is 1.20 bits per heavy atom. The third kappa shape index (κ3) is 2.95. The number of Topliss-reactive ketones (excluding diaryl/α,β-unsaturated/α-hetero) is 1.